The van der Waals surface area contributed by atoms with E-state index in [4.69, 9.17) is 0 Å². The lowest BCUT2D eigenvalue weighted by atomic mass is 10.1. The molecule has 112 valence electrons. The first kappa shape index (κ1) is 15.2. The second-order valence-electron chi connectivity index (χ2n) is 5.03. The molecular formula is C15H19FN4O. The van der Waals surface area contributed by atoms with Crippen molar-refractivity contribution in [2.45, 2.75) is 26.4 Å². The lowest BCUT2D eigenvalue weighted by Gasteiger charge is -2.13. The Hall–Kier alpha value is -2.21. The van der Waals surface area contributed by atoms with Crippen LogP contribution in [0.15, 0.2) is 30.5 Å². The maximum Gasteiger partial charge on any atom is 0.271 e. The van der Waals surface area contributed by atoms with E-state index in [0.29, 0.717) is 18.3 Å². The van der Waals surface area contributed by atoms with Crippen LogP contribution in [0.25, 0.3) is 5.69 Å². The number of hydrogen-bond acceptors (Lipinski definition) is 3. The molecule has 0 aliphatic heterocycles. The third kappa shape index (κ3) is 3.66. The van der Waals surface area contributed by atoms with Gasteiger partial charge in [-0.25, -0.2) is 9.07 Å². The highest BCUT2D eigenvalue weighted by molar-refractivity contribution is 5.91. The second kappa shape index (κ2) is 6.49. The van der Waals surface area contributed by atoms with E-state index in [9.17, 15) is 9.18 Å². The fraction of sp³-hybridized carbons (Fsp3) is 0.333. The Morgan fingerprint density at radius 2 is 2.14 bits per heavy atom. The molecule has 0 radical (unpaired) electrons. The maximum atomic E-state index is 13.5. The van der Waals surface area contributed by atoms with Gasteiger partial charge in [-0.05, 0) is 29.8 Å². The largest absolute Gasteiger partial charge is 0.354 e. The number of nitrogens with one attached hydrogen (secondary N) is 2. The number of aromatic nitrogens is 2. The van der Waals surface area contributed by atoms with Crippen LogP contribution < -0.4 is 10.6 Å². The molecule has 1 amide bonds. The Balaban J connectivity index is 2.34. The fourth-order valence-corrected chi connectivity index (χ4v) is 1.94. The molecule has 0 spiro atoms. The molecule has 2 N–H and O–H groups in total. The molecule has 0 aliphatic carbocycles. The Labute approximate surface area is 123 Å². The van der Waals surface area contributed by atoms with E-state index in [2.05, 4.69) is 15.7 Å². The highest BCUT2D eigenvalue weighted by Crippen LogP contribution is 2.16. The molecule has 0 bridgehead atoms. The molecule has 0 saturated heterocycles. The van der Waals surface area contributed by atoms with E-state index in [1.165, 1.54) is 12.1 Å². The van der Waals surface area contributed by atoms with Gasteiger partial charge >= 0.3 is 0 Å². The van der Waals surface area contributed by atoms with Crippen LogP contribution in [0.5, 0.6) is 0 Å². The maximum absolute atomic E-state index is 13.5. The van der Waals surface area contributed by atoms with Crippen molar-refractivity contribution in [3.05, 3.63) is 47.5 Å². The standard InChI is InChI=1S/C15H19FN4O/c1-10(2)18-9-11-8-12(16)4-5-14(11)20-7-6-13(19-20)15(21)17-3/h4-8,10,18H,9H2,1-3H3,(H,17,21). The summed E-state index contributed by atoms with van der Waals surface area (Å²) in [7, 11) is 1.55. The summed E-state index contributed by atoms with van der Waals surface area (Å²) < 4.78 is 15.0. The minimum Gasteiger partial charge on any atom is -0.354 e. The molecule has 21 heavy (non-hydrogen) atoms. The number of carbonyl (C=O) groups excluding carboxylic acids is 1. The monoisotopic (exact) mass is 290 g/mol. The van der Waals surface area contributed by atoms with Gasteiger partial charge in [-0.2, -0.15) is 5.10 Å². The summed E-state index contributed by atoms with van der Waals surface area (Å²) in [4.78, 5) is 11.6. The Morgan fingerprint density at radius 1 is 1.38 bits per heavy atom. The molecule has 1 heterocycles. The van der Waals surface area contributed by atoms with Crippen LogP contribution in [0.3, 0.4) is 0 Å². The van der Waals surface area contributed by atoms with Gasteiger partial charge in [-0.15, -0.1) is 0 Å². The first-order chi connectivity index (χ1) is 10.0. The average Bonchev–Trinajstić information content (AvgIpc) is 2.94. The van der Waals surface area contributed by atoms with Crippen molar-refractivity contribution < 1.29 is 9.18 Å². The summed E-state index contributed by atoms with van der Waals surface area (Å²) in [5.41, 5.74) is 1.86. The van der Waals surface area contributed by atoms with Gasteiger partial charge < -0.3 is 10.6 Å². The van der Waals surface area contributed by atoms with Gasteiger partial charge in [0.1, 0.15) is 5.82 Å². The van der Waals surface area contributed by atoms with E-state index in [0.717, 1.165) is 11.3 Å². The van der Waals surface area contributed by atoms with Crippen molar-refractivity contribution in [1.29, 1.82) is 0 Å². The Kier molecular flexibility index (Phi) is 4.70. The number of carbonyl (C=O) groups is 1. The Bertz CT molecular complexity index is 636. The van der Waals surface area contributed by atoms with E-state index < -0.39 is 0 Å². The lowest BCUT2D eigenvalue weighted by molar-refractivity contribution is 0.0957. The third-order valence-corrected chi connectivity index (χ3v) is 3.04. The summed E-state index contributed by atoms with van der Waals surface area (Å²) in [6, 6.07) is 6.44. The average molecular weight is 290 g/mol. The number of amides is 1. The smallest absolute Gasteiger partial charge is 0.271 e. The molecule has 0 fully saturated rings. The van der Waals surface area contributed by atoms with Crippen molar-refractivity contribution in [2.75, 3.05) is 7.05 Å². The summed E-state index contributed by atoms with van der Waals surface area (Å²) in [5.74, 6) is -0.546. The van der Waals surface area contributed by atoms with Gasteiger partial charge in [0.25, 0.3) is 5.91 Å². The topological polar surface area (TPSA) is 59.0 Å². The van der Waals surface area contributed by atoms with E-state index in [1.54, 1.807) is 30.1 Å². The number of halogens is 1. The van der Waals surface area contributed by atoms with Crippen molar-refractivity contribution in [3.8, 4) is 5.69 Å². The van der Waals surface area contributed by atoms with Crippen molar-refractivity contribution in [3.63, 3.8) is 0 Å². The molecule has 0 unspecified atom stereocenters. The zero-order valence-corrected chi connectivity index (χ0v) is 12.4. The van der Waals surface area contributed by atoms with E-state index >= 15 is 0 Å². The SMILES string of the molecule is CNC(=O)c1ccn(-c2ccc(F)cc2CNC(C)C)n1. The molecule has 1 aromatic carbocycles. The zero-order valence-electron chi connectivity index (χ0n) is 12.4. The van der Waals surface area contributed by atoms with Crippen LogP contribution in [0.2, 0.25) is 0 Å². The number of benzene rings is 1. The van der Waals surface area contributed by atoms with Crippen LogP contribution in [0.4, 0.5) is 4.39 Å². The third-order valence-electron chi connectivity index (χ3n) is 3.04. The van der Waals surface area contributed by atoms with Gasteiger partial charge in [-0.1, -0.05) is 13.8 Å². The van der Waals surface area contributed by atoms with Crippen molar-refractivity contribution >= 4 is 5.91 Å². The quantitative estimate of drug-likeness (QED) is 0.884. The number of rotatable bonds is 5. The van der Waals surface area contributed by atoms with Gasteiger partial charge in [-0.3, -0.25) is 4.79 Å². The molecule has 2 rings (SSSR count). The van der Waals surface area contributed by atoms with Crippen LogP contribution >= 0.6 is 0 Å². The normalized spacial score (nSPS) is 10.9. The molecular weight excluding hydrogens is 271 g/mol. The first-order valence-corrected chi connectivity index (χ1v) is 6.81. The minimum atomic E-state index is -0.294. The van der Waals surface area contributed by atoms with Gasteiger partial charge in [0.2, 0.25) is 0 Å². The molecule has 0 saturated carbocycles. The van der Waals surface area contributed by atoms with Crippen molar-refractivity contribution in [2.24, 2.45) is 0 Å². The Morgan fingerprint density at radius 3 is 2.81 bits per heavy atom. The zero-order chi connectivity index (χ0) is 15.4. The first-order valence-electron chi connectivity index (χ1n) is 6.81. The fourth-order valence-electron chi connectivity index (χ4n) is 1.94. The predicted octanol–water partition coefficient (Wildman–Crippen LogP) is 1.87. The van der Waals surface area contributed by atoms with Gasteiger partial charge in [0, 0.05) is 25.8 Å². The van der Waals surface area contributed by atoms with E-state index in [-0.39, 0.29) is 11.7 Å². The summed E-state index contributed by atoms with van der Waals surface area (Å²) in [6.45, 7) is 4.58. The number of hydrogen-bond donors (Lipinski definition) is 2. The molecule has 1 aromatic heterocycles. The molecule has 0 aliphatic rings. The lowest BCUT2D eigenvalue weighted by Crippen LogP contribution is -2.23. The second-order valence-corrected chi connectivity index (χ2v) is 5.03. The molecule has 5 nitrogen and oxygen atoms in total. The minimum absolute atomic E-state index is 0.252. The van der Waals surface area contributed by atoms with Gasteiger partial charge in [0.15, 0.2) is 5.69 Å². The van der Waals surface area contributed by atoms with Crippen molar-refractivity contribution in [1.82, 2.24) is 20.4 Å². The summed E-state index contributed by atoms with van der Waals surface area (Å²) in [5, 5.41) is 10.00. The molecule has 0 atom stereocenters. The number of nitrogens with zero attached hydrogens (tertiary/aromatic N) is 2. The predicted molar refractivity (Wildman–Crippen MR) is 78.9 cm³/mol. The van der Waals surface area contributed by atoms with Crippen LogP contribution in [0.1, 0.15) is 29.9 Å². The van der Waals surface area contributed by atoms with E-state index in [1.807, 2.05) is 13.8 Å². The van der Waals surface area contributed by atoms with Crippen LogP contribution in [0, 0.1) is 5.82 Å². The highest BCUT2D eigenvalue weighted by Gasteiger charge is 2.11. The van der Waals surface area contributed by atoms with Crippen LogP contribution in [-0.2, 0) is 6.54 Å². The van der Waals surface area contributed by atoms with Crippen LogP contribution in [-0.4, -0.2) is 28.8 Å². The molecule has 2 aromatic rings. The molecule has 6 heteroatoms. The summed E-state index contributed by atoms with van der Waals surface area (Å²) in [6.07, 6.45) is 1.69. The highest BCUT2D eigenvalue weighted by atomic mass is 19.1. The van der Waals surface area contributed by atoms with Gasteiger partial charge in [0.05, 0.1) is 5.69 Å². The summed E-state index contributed by atoms with van der Waals surface area (Å²) >= 11 is 0.